The molecule has 0 saturated heterocycles. The molecule has 0 aliphatic carbocycles. The Balaban J connectivity index is 2.31. The van der Waals surface area contributed by atoms with Crippen LogP contribution >= 0.6 is 0 Å². The van der Waals surface area contributed by atoms with Crippen LogP contribution in [0.15, 0.2) is 35.4 Å². The minimum Gasteiger partial charge on any atom is -0.299 e. The zero-order chi connectivity index (χ0) is 12.4. The fourth-order valence-electron chi connectivity index (χ4n) is 1.89. The maximum absolute atomic E-state index is 12.1. The molecule has 0 radical (unpaired) electrons. The number of ketones is 1. The Labute approximate surface area is 101 Å². The molecular weight excluding hydrogens is 215 g/mol. The van der Waals surface area contributed by atoms with Crippen molar-refractivity contribution in [2.75, 3.05) is 5.01 Å². The third-order valence-corrected chi connectivity index (χ3v) is 2.80. The summed E-state index contributed by atoms with van der Waals surface area (Å²) in [5.74, 6) is -1.02. The maximum atomic E-state index is 12.1. The molecule has 1 aliphatic heterocycles. The zero-order valence-corrected chi connectivity index (χ0v) is 9.88. The molecule has 2 rings (SSSR count). The number of Topliss-reactive ketones (excluding diaryl/α,β-unsaturated/α-hetero) is 1. The first-order chi connectivity index (χ1) is 8.15. The lowest BCUT2D eigenvalue weighted by Crippen LogP contribution is -2.32. The van der Waals surface area contributed by atoms with Crippen molar-refractivity contribution < 1.29 is 9.59 Å². The second kappa shape index (κ2) is 4.53. The Hall–Kier alpha value is -1.91. The smallest absolute Gasteiger partial charge is 0.263 e. The largest absolute Gasteiger partial charge is 0.299 e. The van der Waals surface area contributed by atoms with Gasteiger partial charge in [0.2, 0.25) is 0 Å². The highest BCUT2D eigenvalue weighted by molar-refractivity contribution is 6.33. The number of benzene rings is 1. The molecule has 1 aliphatic rings. The van der Waals surface area contributed by atoms with Gasteiger partial charge in [0.15, 0.2) is 0 Å². The molecule has 0 spiro atoms. The lowest BCUT2D eigenvalue weighted by molar-refractivity contribution is -0.127. The summed E-state index contributed by atoms with van der Waals surface area (Å²) in [7, 11) is 1.76. The number of hydrogen-bond acceptors (Lipinski definition) is 3. The second-order valence-corrected chi connectivity index (χ2v) is 3.98. The third-order valence-electron chi connectivity index (χ3n) is 2.80. The van der Waals surface area contributed by atoms with Crippen molar-refractivity contribution in [2.24, 2.45) is 11.0 Å². The minimum atomic E-state index is -0.694. The topological polar surface area (TPSA) is 49.7 Å². The number of nitrogens with zero attached hydrogens (tertiary/aromatic N) is 2. The van der Waals surface area contributed by atoms with E-state index in [9.17, 15) is 9.59 Å². The van der Waals surface area contributed by atoms with E-state index in [1.807, 2.05) is 18.2 Å². The molecule has 1 unspecified atom stereocenters. The van der Waals surface area contributed by atoms with Gasteiger partial charge in [-0.2, -0.15) is 10.1 Å². The van der Waals surface area contributed by atoms with Crippen LogP contribution in [0.25, 0.3) is 0 Å². The van der Waals surface area contributed by atoms with Crippen molar-refractivity contribution in [3.63, 3.8) is 0 Å². The molecular formula is C12H13BN2O2. The van der Waals surface area contributed by atoms with Gasteiger partial charge in [-0.05, 0) is 25.4 Å². The zero-order valence-electron chi connectivity index (χ0n) is 9.88. The van der Waals surface area contributed by atoms with E-state index < -0.39 is 5.92 Å². The monoisotopic (exact) mass is 228 g/mol. The highest BCUT2D eigenvalue weighted by atomic mass is 16.2. The highest BCUT2D eigenvalue weighted by Gasteiger charge is 2.38. The Morgan fingerprint density at radius 3 is 2.65 bits per heavy atom. The molecule has 0 aromatic heterocycles. The molecule has 17 heavy (non-hydrogen) atoms. The third kappa shape index (κ3) is 2.00. The molecule has 5 heteroatoms. The van der Waals surface area contributed by atoms with Crippen LogP contribution in [-0.2, 0) is 9.59 Å². The van der Waals surface area contributed by atoms with E-state index >= 15 is 0 Å². The fraction of sp³-hybridized carbons (Fsp3) is 0.250. The molecule has 0 saturated carbocycles. The number of anilines is 1. The van der Waals surface area contributed by atoms with E-state index in [1.165, 1.54) is 5.01 Å². The Bertz CT molecular complexity index is 485. The Kier molecular flexibility index (Phi) is 3.09. The van der Waals surface area contributed by atoms with Crippen LogP contribution in [0.4, 0.5) is 5.69 Å². The van der Waals surface area contributed by atoms with Crippen molar-refractivity contribution >= 4 is 30.9 Å². The molecule has 0 fully saturated rings. The Morgan fingerprint density at radius 2 is 2.06 bits per heavy atom. The molecule has 86 valence electrons. The van der Waals surface area contributed by atoms with Gasteiger partial charge in [-0.25, -0.2) is 0 Å². The van der Waals surface area contributed by atoms with E-state index in [4.69, 9.17) is 0 Å². The van der Waals surface area contributed by atoms with E-state index in [1.54, 1.807) is 26.9 Å². The normalized spacial score (nSPS) is 19.4. The Morgan fingerprint density at radius 1 is 1.41 bits per heavy atom. The molecule has 1 heterocycles. The molecule has 4 nitrogen and oxygen atoms in total. The standard InChI is InChI=1S/C12H13BN2O2/c1-8-11(10(16)7-13)12(17)15(14-8)9-5-3-2-4-6-9/h2-6,11H,7,13H2,1H3. The van der Waals surface area contributed by atoms with Crippen LogP contribution in [0, 0.1) is 5.92 Å². The number of rotatable bonds is 3. The first kappa shape index (κ1) is 11.6. The fourth-order valence-corrected chi connectivity index (χ4v) is 1.89. The van der Waals surface area contributed by atoms with Crippen molar-refractivity contribution in [2.45, 2.75) is 13.2 Å². The maximum Gasteiger partial charge on any atom is 0.263 e. The number of carbonyl (C=O) groups is 2. The number of para-hydroxylation sites is 1. The van der Waals surface area contributed by atoms with Crippen molar-refractivity contribution in [1.29, 1.82) is 0 Å². The number of carbonyl (C=O) groups excluding carboxylic acids is 2. The second-order valence-electron chi connectivity index (χ2n) is 3.98. The summed E-state index contributed by atoms with van der Waals surface area (Å²) < 4.78 is 0. The number of hydrogen-bond donors (Lipinski definition) is 0. The summed E-state index contributed by atoms with van der Waals surface area (Å²) in [5.41, 5.74) is 1.27. The summed E-state index contributed by atoms with van der Waals surface area (Å²) in [5, 5.41) is 5.48. The van der Waals surface area contributed by atoms with Crippen LogP contribution in [0.2, 0.25) is 6.32 Å². The van der Waals surface area contributed by atoms with Gasteiger partial charge in [0.05, 0.1) is 11.4 Å². The van der Waals surface area contributed by atoms with Crippen LogP contribution in [0.5, 0.6) is 0 Å². The average Bonchev–Trinajstić information content (AvgIpc) is 2.65. The first-order valence-electron chi connectivity index (χ1n) is 5.62. The van der Waals surface area contributed by atoms with Gasteiger partial charge in [0.25, 0.3) is 5.91 Å². The number of hydrazone groups is 1. The minimum absolute atomic E-state index is 0.0744. The predicted octanol–water partition coefficient (Wildman–Crippen LogP) is 0.646. The van der Waals surface area contributed by atoms with Gasteiger partial charge in [0, 0.05) is 0 Å². The van der Waals surface area contributed by atoms with E-state index in [0.29, 0.717) is 17.7 Å². The van der Waals surface area contributed by atoms with Crippen molar-refractivity contribution in [3.8, 4) is 0 Å². The summed E-state index contributed by atoms with van der Waals surface area (Å²) in [6, 6.07) is 9.14. The van der Waals surface area contributed by atoms with Crippen molar-refractivity contribution in [1.82, 2.24) is 0 Å². The highest BCUT2D eigenvalue weighted by Crippen LogP contribution is 2.24. The summed E-state index contributed by atoms with van der Waals surface area (Å²) >= 11 is 0. The van der Waals surface area contributed by atoms with Gasteiger partial charge in [0.1, 0.15) is 19.5 Å². The van der Waals surface area contributed by atoms with Crippen molar-refractivity contribution in [3.05, 3.63) is 30.3 Å². The molecule has 0 N–H and O–H groups in total. The van der Waals surface area contributed by atoms with Crippen LogP contribution in [0.1, 0.15) is 6.92 Å². The van der Waals surface area contributed by atoms with Crippen LogP contribution in [0.3, 0.4) is 0 Å². The summed E-state index contributed by atoms with van der Waals surface area (Å²) in [6.07, 6.45) is 0.353. The van der Waals surface area contributed by atoms with Gasteiger partial charge < -0.3 is 0 Å². The summed E-state index contributed by atoms with van der Waals surface area (Å²) in [6.45, 7) is 1.72. The van der Waals surface area contributed by atoms with E-state index in [2.05, 4.69) is 5.10 Å². The first-order valence-corrected chi connectivity index (χ1v) is 5.62. The van der Waals surface area contributed by atoms with Crippen LogP contribution < -0.4 is 5.01 Å². The summed E-state index contributed by atoms with van der Waals surface area (Å²) in [4.78, 5) is 23.8. The van der Waals surface area contributed by atoms with Gasteiger partial charge in [-0.15, -0.1) is 0 Å². The molecule has 1 atom stereocenters. The van der Waals surface area contributed by atoms with Gasteiger partial charge in [-0.3, -0.25) is 9.59 Å². The molecule has 1 amide bonds. The quantitative estimate of drug-likeness (QED) is 0.563. The molecule has 1 aromatic carbocycles. The number of amides is 1. The van der Waals surface area contributed by atoms with Gasteiger partial charge in [-0.1, -0.05) is 18.2 Å². The molecule has 1 aromatic rings. The molecule has 0 bridgehead atoms. The SMILES string of the molecule is BCC(=O)C1C(=O)N(c2ccccc2)N=C1C. The lowest BCUT2D eigenvalue weighted by Gasteiger charge is -2.13. The van der Waals surface area contributed by atoms with Crippen LogP contribution in [-0.4, -0.2) is 25.2 Å². The lowest BCUT2D eigenvalue weighted by atomic mass is 9.89. The van der Waals surface area contributed by atoms with Gasteiger partial charge >= 0.3 is 0 Å². The van der Waals surface area contributed by atoms with E-state index in [-0.39, 0.29) is 11.7 Å². The average molecular weight is 228 g/mol. The predicted molar refractivity (Wildman–Crippen MR) is 68.9 cm³/mol. The van der Waals surface area contributed by atoms with E-state index in [0.717, 1.165) is 0 Å².